The van der Waals surface area contributed by atoms with Gasteiger partial charge in [0.2, 0.25) is 0 Å². The first-order valence-corrected chi connectivity index (χ1v) is 8.55. The quantitative estimate of drug-likeness (QED) is 0.447. The Morgan fingerprint density at radius 1 is 1.22 bits per heavy atom. The number of unbranched alkanes of at least 4 members (excludes halogenated alkanes) is 3. The molecule has 0 aromatic rings. The summed E-state index contributed by atoms with van der Waals surface area (Å²) in [6, 6.07) is 0. The summed E-state index contributed by atoms with van der Waals surface area (Å²) in [5, 5.41) is 0. The first kappa shape index (κ1) is 17.8. The Balaban J connectivity index is 4.10. The predicted molar refractivity (Wildman–Crippen MR) is 74.0 cm³/mol. The van der Waals surface area contributed by atoms with Gasteiger partial charge in [-0.1, -0.05) is 46.5 Å². The highest BCUT2D eigenvalue weighted by atomic mass is 31.2. The van der Waals surface area contributed by atoms with Crippen molar-refractivity contribution in [3.63, 3.8) is 0 Å². The van der Waals surface area contributed by atoms with Crippen LogP contribution in [0.1, 0.15) is 52.9 Å². The summed E-state index contributed by atoms with van der Waals surface area (Å²) in [5.41, 5.74) is -0.415. The largest absolute Gasteiger partial charge is 0.327 e. The fourth-order valence-corrected chi connectivity index (χ4v) is 2.01. The molecule has 0 aromatic heterocycles. The Kier molecular flexibility index (Phi) is 8.00. The van der Waals surface area contributed by atoms with Gasteiger partial charge >= 0.3 is 7.60 Å². The number of Topliss-reactive ketones (excluding diaryl/α,β-unsaturated/α-hetero) is 1. The summed E-state index contributed by atoms with van der Waals surface area (Å²) >= 11 is 0. The Bertz CT molecular complexity index is 299. The van der Waals surface area contributed by atoms with Crippen LogP contribution in [0.5, 0.6) is 0 Å². The second-order valence-corrected chi connectivity index (χ2v) is 7.51. The molecule has 0 aliphatic heterocycles. The van der Waals surface area contributed by atoms with Crippen LogP contribution in [0.4, 0.5) is 0 Å². The third-order valence-corrected chi connectivity index (χ3v) is 4.43. The second-order valence-electron chi connectivity index (χ2n) is 5.35. The van der Waals surface area contributed by atoms with Gasteiger partial charge in [-0.05, 0) is 6.42 Å². The van der Waals surface area contributed by atoms with Crippen LogP contribution < -0.4 is 0 Å². The molecule has 108 valence electrons. The Labute approximate surface area is 111 Å². The maximum atomic E-state index is 12.0. The lowest BCUT2D eigenvalue weighted by Gasteiger charge is -2.23. The molecule has 5 heteroatoms. The normalized spacial score (nSPS) is 15.4. The molecule has 0 radical (unpaired) electrons. The summed E-state index contributed by atoms with van der Waals surface area (Å²) in [4.78, 5) is 12.0. The first-order valence-electron chi connectivity index (χ1n) is 6.56. The fraction of sp³-hybridized carbons (Fsp3) is 0.923. The standard InChI is InChI=1S/C13H27O4P/c1-6-7-8-9-10-13(2,3)12(14)11-17-18(5,15)16-4/h6-11H2,1-5H3. The molecule has 0 spiro atoms. The van der Waals surface area contributed by atoms with E-state index < -0.39 is 13.0 Å². The first-order chi connectivity index (χ1) is 8.25. The van der Waals surface area contributed by atoms with Crippen molar-refractivity contribution in [2.75, 3.05) is 20.4 Å². The molecule has 0 aliphatic carbocycles. The maximum absolute atomic E-state index is 12.0. The molecule has 1 unspecified atom stereocenters. The zero-order valence-corrected chi connectivity index (χ0v) is 13.2. The molecule has 1 atom stereocenters. The molecule has 0 aromatic carbocycles. The Hall–Kier alpha value is -0.180. The Morgan fingerprint density at radius 3 is 2.33 bits per heavy atom. The van der Waals surface area contributed by atoms with Gasteiger partial charge in [0.1, 0.15) is 6.61 Å². The second kappa shape index (κ2) is 8.08. The van der Waals surface area contributed by atoms with Crippen molar-refractivity contribution in [2.24, 2.45) is 5.41 Å². The van der Waals surface area contributed by atoms with Gasteiger partial charge in [0.25, 0.3) is 0 Å². The molecule has 0 rings (SSSR count). The van der Waals surface area contributed by atoms with Crippen LogP contribution in [0, 0.1) is 5.41 Å². The van der Waals surface area contributed by atoms with Crippen LogP contribution in [0.25, 0.3) is 0 Å². The van der Waals surface area contributed by atoms with Crippen molar-refractivity contribution in [1.82, 2.24) is 0 Å². The molecule has 18 heavy (non-hydrogen) atoms. The highest BCUT2D eigenvalue weighted by Crippen LogP contribution is 2.43. The molecule has 0 N–H and O–H groups in total. The third kappa shape index (κ3) is 7.30. The molecule has 4 nitrogen and oxygen atoms in total. The van der Waals surface area contributed by atoms with Crippen molar-refractivity contribution in [3.05, 3.63) is 0 Å². The monoisotopic (exact) mass is 278 g/mol. The van der Waals surface area contributed by atoms with E-state index in [1.165, 1.54) is 26.6 Å². The van der Waals surface area contributed by atoms with E-state index in [1.54, 1.807) is 0 Å². The Morgan fingerprint density at radius 2 is 1.83 bits per heavy atom. The fourth-order valence-electron chi connectivity index (χ4n) is 1.56. The van der Waals surface area contributed by atoms with E-state index in [0.717, 1.165) is 19.3 Å². The van der Waals surface area contributed by atoms with Gasteiger partial charge in [-0.15, -0.1) is 0 Å². The predicted octanol–water partition coefficient (Wildman–Crippen LogP) is 4.04. The van der Waals surface area contributed by atoms with Crippen LogP contribution in [0.15, 0.2) is 0 Å². The minimum atomic E-state index is -3.05. The van der Waals surface area contributed by atoms with Gasteiger partial charge < -0.3 is 9.05 Å². The summed E-state index contributed by atoms with van der Waals surface area (Å²) in [6.07, 6.45) is 5.42. The lowest BCUT2D eigenvalue weighted by atomic mass is 9.83. The van der Waals surface area contributed by atoms with E-state index in [-0.39, 0.29) is 12.4 Å². The van der Waals surface area contributed by atoms with Gasteiger partial charge in [0.05, 0.1) is 0 Å². The summed E-state index contributed by atoms with van der Waals surface area (Å²) in [5.74, 6) is -0.0156. The molecule has 0 amide bonds. The van der Waals surface area contributed by atoms with Gasteiger partial charge in [-0.25, -0.2) is 0 Å². The summed E-state index contributed by atoms with van der Waals surface area (Å²) in [7, 11) is -1.73. The van der Waals surface area contributed by atoms with Gasteiger partial charge in [-0.2, -0.15) is 0 Å². The van der Waals surface area contributed by atoms with E-state index in [1.807, 2.05) is 13.8 Å². The minimum absolute atomic E-state index is 0.0156. The van der Waals surface area contributed by atoms with Crippen LogP contribution in [0.2, 0.25) is 0 Å². The summed E-state index contributed by atoms with van der Waals surface area (Å²) in [6.45, 7) is 7.22. The van der Waals surface area contributed by atoms with Crippen LogP contribution in [-0.2, 0) is 18.4 Å². The molecular weight excluding hydrogens is 251 g/mol. The summed E-state index contributed by atoms with van der Waals surface area (Å²) < 4.78 is 21.2. The van der Waals surface area contributed by atoms with Crippen molar-refractivity contribution < 1.29 is 18.4 Å². The molecule has 0 aliphatic rings. The topological polar surface area (TPSA) is 52.6 Å². The van der Waals surface area contributed by atoms with Gasteiger partial charge in [0.15, 0.2) is 5.78 Å². The average molecular weight is 278 g/mol. The van der Waals surface area contributed by atoms with Crippen molar-refractivity contribution >= 4 is 13.4 Å². The smallest absolute Gasteiger partial charge is 0.312 e. The molecule has 0 fully saturated rings. The highest BCUT2D eigenvalue weighted by molar-refractivity contribution is 7.52. The maximum Gasteiger partial charge on any atom is 0.327 e. The zero-order valence-electron chi connectivity index (χ0n) is 12.3. The van der Waals surface area contributed by atoms with Gasteiger partial charge in [0, 0.05) is 19.2 Å². The number of carbonyl (C=O) groups is 1. The lowest BCUT2D eigenvalue weighted by Crippen LogP contribution is -2.28. The number of rotatable bonds is 10. The van der Waals surface area contributed by atoms with Crippen LogP contribution >= 0.6 is 7.60 Å². The van der Waals surface area contributed by atoms with Crippen molar-refractivity contribution in [1.29, 1.82) is 0 Å². The van der Waals surface area contributed by atoms with E-state index in [2.05, 4.69) is 6.92 Å². The molecule has 0 saturated heterocycles. The number of carbonyl (C=O) groups excluding carboxylic acids is 1. The van der Waals surface area contributed by atoms with Crippen LogP contribution in [0.3, 0.4) is 0 Å². The van der Waals surface area contributed by atoms with Gasteiger partial charge in [-0.3, -0.25) is 9.36 Å². The molecular formula is C13H27O4P. The molecule has 0 heterocycles. The SMILES string of the molecule is CCCCCCC(C)(C)C(=O)COP(C)(=O)OC. The van der Waals surface area contributed by atoms with Crippen molar-refractivity contribution in [3.8, 4) is 0 Å². The minimum Gasteiger partial charge on any atom is -0.312 e. The van der Waals surface area contributed by atoms with E-state index >= 15 is 0 Å². The third-order valence-electron chi connectivity index (χ3n) is 3.17. The number of hydrogen-bond donors (Lipinski definition) is 0. The van der Waals surface area contributed by atoms with E-state index in [4.69, 9.17) is 9.05 Å². The molecule has 0 saturated carbocycles. The molecule has 0 bridgehead atoms. The number of hydrogen-bond acceptors (Lipinski definition) is 4. The van der Waals surface area contributed by atoms with E-state index in [9.17, 15) is 9.36 Å². The average Bonchev–Trinajstić information content (AvgIpc) is 2.31. The zero-order chi connectivity index (χ0) is 14.2. The number of ketones is 1. The highest BCUT2D eigenvalue weighted by Gasteiger charge is 2.28. The van der Waals surface area contributed by atoms with E-state index in [0.29, 0.717) is 0 Å². The van der Waals surface area contributed by atoms with Crippen LogP contribution in [-0.4, -0.2) is 26.2 Å². The van der Waals surface area contributed by atoms with Crippen molar-refractivity contribution in [2.45, 2.75) is 52.9 Å². The lowest BCUT2D eigenvalue weighted by molar-refractivity contribution is -0.129.